The molecule has 0 unspecified atom stereocenters. The zero-order valence-electron chi connectivity index (χ0n) is 6.95. The van der Waals surface area contributed by atoms with Crippen LogP contribution in [0.1, 0.15) is 19.8 Å². The number of hydrogen-bond acceptors (Lipinski definition) is 3. The fourth-order valence-corrected chi connectivity index (χ4v) is 1.49. The summed E-state index contributed by atoms with van der Waals surface area (Å²) in [7, 11) is 0. The van der Waals surface area contributed by atoms with E-state index in [1.807, 2.05) is 6.92 Å². The van der Waals surface area contributed by atoms with Gasteiger partial charge in [0.25, 0.3) is 0 Å². The quantitative estimate of drug-likeness (QED) is 0.477. The predicted octanol–water partition coefficient (Wildman–Crippen LogP) is 0.178. The predicted molar refractivity (Wildman–Crippen MR) is 42.2 cm³/mol. The van der Waals surface area contributed by atoms with Crippen molar-refractivity contribution in [3.05, 3.63) is 10.1 Å². The average Bonchev–Trinajstić information content (AvgIpc) is 2.03. The van der Waals surface area contributed by atoms with E-state index < -0.39 is 6.04 Å². The molecular formula is C7H12N2O3. The third-order valence-electron chi connectivity index (χ3n) is 2.30. The molecule has 0 aliphatic carbocycles. The molecule has 12 heavy (non-hydrogen) atoms. The van der Waals surface area contributed by atoms with Crippen LogP contribution in [-0.2, 0) is 4.79 Å². The van der Waals surface area contributed by atoms with E-state index in [0.29, 0.717) is 12.8 Å². The molecule has 2 atom stereocenters. The SMILES string of the molecule is CC[C@@H]1CC(=O)NC[C@@H]1[N+](=O)[O-]. The third-order valence-corrected chi connectivity index (χ3v) is 2.30. The van der Waals surface area contributed by atoms with E-state index in [9.17, 15) is 14.9 Å². The second kappa shape index (κ2) is 3.51. The molecule has 1 saturated heterocycles. The molecule has 0 aromatic heterocycles. The summed E-state index contributed by atoms with van der Waals surface area (Å²) in [6, 6.07) is -0.590. The fraction of sp³-hybridized carbons (Fsp3) is 0.857. The van der Waals surface area contributed by atoms with Crippen LogP contribution in [0.2, 0.25) is 0 Å². The first-order valence-electron chi connectivity index (χ1n) is 4.05. The highest BCUT2D eigenvalue weighted by molar-refractivity contribution is 5.77. The van der Waals surface area contributed by atoms with Crippen molar-refractivity contribution in [2.24, 2.45) is 5.92 Å². The Morgan fingerprint density at radius 3 is 2.92 bits per heavy atom. The first kappa shape index (κ1) is 8.96. The number of nitrogens with zero attached hydrogens (tertiary/aromatic N) is 1. The van der Waals surface area contributed by atoms with Gasteiger partial charge in [-0.15, -0.1) is 0 Å². The molecule has 0 aromatic rings. The van der Waals surface area contributed by atoms with Crippen LogP contribution in [-0.4, -0.2) is 23.4 Å². The van der Waals surface area contributed by atoms with Crippen molar-refractivity contribution < 1.29 is 9.72 Å². The molecule has 1 aliphatic heterocycles. The molecule has 1 N–H and O–H groups in total. The molecule has 1 amide bonds. The Labute approximate surface area is 70.3 Å². The van der Waals surface area contributed by atoms with Gasteiger partial charge in [0.15, 0.2) is 0 Å². The summed E-state index contributed by atoms with van der Waals surface area (Å²) in [6.07, 6.45) is 0.987. The van der Waals surface area contributed by atoms with E-state index in [1.165, 1.54) is 0 Å². The van der Waals surface area contributed by atoms with Gasteiger partial charge in [-0.3, -0.25) is 14.9 Å². The molecule has 0 radical (unpaired) electrons. The van der Waals surface area contributed by atoms with Crippen LogP contribution < -0.4 is 5.32 Å². The Kier molecular flexibility index (Phi) is 2.62. The van der Waals surface area contributed by atoms with Crippen molar-refractivity contribution in [3.8, 4) is 0 Å². The lowest BCUT2D eigenvalue weighted by atomic mass is 9.90. The van der Waals surface area contributed by atoms with Crippen LogP contribution in [0.15, 0.2) is 0 Å². The minimum Gasteiger partial charge on any atom is -0.349 e. The van der Waals surface area contributed by atoms with E-state index in [0.717, 1.165) is 0 Å². The summed E-state index contributed by atoms with van der Waals surface area (Å²) >= 11 is 0. The summed E-state index contributed by atoms with van der Waals surface area (Å²) in [5, 5.41) is 13.0. The lowest BCUT2D eigenvalue weighted by molar-refractivity contribution is -0.531. The maximum absolute atomic E-state index is 10.9. The van der Waals surface area contributed by atoms with Crippen molar-refractivity contribution in [1.29, 1.82) is 0 Å². The molecule has 0 saturated carbocycles. The second-order valence-corrected chi connectivity index (χ2v) is 3.03. The van der Waals surface area contributed by atoms with Gasteiger partial charge < -0.3 is 5.32 Å². The zero-order valence-corrected chi connectivity index (χ0v) is 6.95. The van der Waals surface area contributed by atoms with Crippen molar-refractivity contribution in [3.63, 3.8) is 0 Å². The Hall–Kier alpha value is -1.13. The molecule has 1 rings (SSSR count). The first-order valence-corrected chi connectivity index (χ1v) is 4.05. The maximum atomic E-state index is 10.9. The second-order valence-electron chi connectivity index (χ2n) is 3.03. The van der Waals surface area contributed by atoms with Crippen LogP contribution in [0.4, 0.5) is 0 Å². The van der Waals surface area contributed by atoms with Gasteiger partial charge in [0.05, 0.1) is 6.54 Å². The fourth-order valence-electron chi connectivity index (χ4n) is 1.49. The molecule has 1 heterocycles. The summed E-state index contributed by atoms with van der Waals surface area (Å²) in [4.78, 5) is 21.1. The lowest BCUT2D eigenvalue weighted by Crippen LogP contribution is -2.47. The van der Waals surface area contributed by atoms with Gasteiger partial charge in [0, 0.05) is 17.3 Å². The van der Waals surface area contributed by atoms with Crippen LogP contribution in [0.5, 0.6) is 0 Å². The largest absolute Gasteiger partial charge is 0.349 e. The highest BCUT2D eigenvalue weighted by Gasteiger charge is 2.35. The Morgan fingerprint density at radius 1 is 1.75 bits per heavy atom. The number of hydrogen-bond donors (Lipinski definition) is 1. The number of piperidine rings is 1. The monoisotopic (exact) mass is 172 g/mol. The van der Waals surface area contributed by atoms with E-state index in [2.05, 4.69) is 5.32 Å². The lowest BCUT2D eigenvalue weighted by Gasteiger charge is -2.24. The van der Waals surface area contributed by atoms with Gasteiger partial charge in [0.1, 0.15) is 0 Å². The van der Waals surface area contributed by atoms with Gasteiger partial charge in [-0.1, -0.05) is 6.92 Å². The summed E-state index contributed by atoms with van der Waals surface area (Å²) in [5.74, 6) is -0.159. The summed E-state index contributed by atoms with van der Waals surface area (Å²) < 4.78 is 0. The topological polar surface area (TPSA) is 72.2 Å². The Balaban J connectivity index is 2.62. The normalized spacial score (nSPS) is 29.6. The van der Waals surface area contributed by atoms with Crippen molar-refractivity contribution in [2.45, 2.75) is 25.8 Å². The zero-order chi connectivity index (χ0) is 9.14. The molecule has 1 aliphatic rings. The van der Waals surface area contributed by atoms with Crippen molar-refractivity contribution >= 4 is 5.91 Å². The molecule has 5 heteroatoms. The van der Waals surface area contributed by atoms with Crippen LogP contribution in [0.3, 0.4) is 0 Å². The Bertz CT molecular complexity index is 205. The third kappa shape index (κ3) is 1.72. The highest BCUT2D eigenvalue weighted by atomic mass is 16.6. The van der Waals surface area contributed by atoms with Crippen LogP contribution >= 0.6 is 0 Å². The van der Waals surface area contributed by atoms with Crippen LogP contribution in [0.25, 0.3) is 0 Å². The molecular weight excluding hydrogens is 160 g/mol. The molecule has 0 aromatic carbocycles. The number of amides is 1. The standard InChI is InChI=1S/C7H12N2O3/c1-2-5-3-7(10)8-4-6(5)9(11)12/h5-6H,2-4H2,1H3,(H,8,10)/t5-,6+/m1/s1. The molecule has 0 bridgehead atoms. The molecule has 68 valence electrons. The van der Waals surface area contributed by atoms with Crippen molar-refractivity contribution in [1.82, 2.24) is 5.32 Å². The number of rotatable bonds is 2. The Morgan fingerprint density at radius 2 is 2.42 bits per heavy atom. The number of carbonyl (C=O) groups is 1. The minimum atomic E-state index is -0.590. The van der Waals surface area contributed by atoms with E-state index in [-0.39, 0.29) is 23.3 Å². The van der Waals surface area contributed by atoms with Gasteiger partial charge >= 0.3 is 0 Å². The van der Waals surface area contributed by atoms with Gasteiger partial charge in [-0.05, 0) is 6.42 Å². The van der Waals surface area contributed by atoms with E-state index >= 15 is 0 Å². The van der Waals surface area contributed by atoms with Gasteiger partial charge in [-0.25, -0.2) is 0 Å². The van der Waals surface area contributed by atoms with E-state index in [1.54, 1.807) is 0 Å². The molecule has 5 nitrogen and oxygen atoms in total. The summed E-state index contributed by atoms with van der Waals surface area (Å²) in [6.45, 7) is 2.06. The van der Waals surface area contributed by atoms with Crippen LogP contribution in [0, 0.1) is 16.0 Å². The van der Waals surface area contributed by atoms with Gasteiger partial charge in [0.2, 0.25) is 11.9 Å². The number of carbonyl (C=O) groups excluding carboxylic acids is 1. The maximum Gasteiger partial charge on any atom is 0.233 e. The van der Waals surface area contributed by atoms with Crippen molar-refractivity contribution in [2.75, 3.05) is 6.54 Å². The minimum absolute atomic E-state index is 0.0695. The van der Waals surface area contributed by atoms with E-state index in [4.69, 9.17) is 0 Å². The molecule has 0 spiro atoms. The average molecular weight is 172 g/mol. The first-order chi connectivity index (χ1) is 5.65. The van der Waals surface area contributed by atoms with Gasteiger partial charge in [-0.2, -0.15) is 0 Å². The highest BCUT2D eigenvalue weighted by Crippen LogP contribution is 2.18. The number of nitrogens with one attached hydrogen (secondary N) is 1. The molecule has 1 fully saturated rings. The smallest absolute Gasteiger partial charge is 0.233 e. The summed E-state index contributed by atoms with van der Waals surface area (Å²) in [5.41, 5.74) is 0. The number of nitro groups is 1.